The molecule has 1 heterocycles. The van der Waals surface area contributed by atoms with Crippen LogP contribution in [0.15, 0.2) is 41.8 Å². The van der Waals surface area contributed by atoms with Gasteiger partial charge in [0.2, 0.25) is 0 Å². The summed E-state index contributed by atoms with van der Waals surface area (Å²) < 4.78 is 0. The lowest BCUT2D eigenvalue weighted by Crippen LogP contribution is -2.34. The van der Waals surface area contributed by atoms with Crippen LogP contribution < -0.4 is 10.6 Å². The molecule has 1 radical (unpaired) electrons. The van der Waals surface area contributed by atoms with Gasteiger partial charge < -0.3 is 5.32 Å². The Bertz CT molecular complexity index is 509. The van der Waals surface area contributed by atoms with Crippen molar-refractivity contribution in [2.45, 2.75) is 0 Å². The van der Waals surface area contributed by atoms with E-state index in [-0.39, 0.29) is 0 Å². The second-order valence-corrected chi connectivity index (χ2v) is 3.92. The minimum atomic E-state index is -0.562. The van der Waals surface area contributed by atoms with Crippen LogP contribution in [0.2, 0.25) is 0 Å². The molecule has 0 atom stereocenters. The zero-order valence-electron chi connectivity index (χ0n) is 8.77. The molecule has 0 saturated carbocycles. The highest BCUT2D eigenvalue weighted by atomic mass is 32.1. The maximum Gasteiger partial charge on any atom is 0.326 e. The van der Waals surface area contributed by atoms with Gasteiger partial charge in [-0.25, -0.2) is 4.79 Å². The van der Waals surface area contributed by atoms with Crippen LogP contribution in [0.3, 0.4) is 0 Å². The van der Waals surface area contributed by atoms with Crippen molar-refractivity contribution in [2.24, 2.45) is 0 Å². The molecule has 0 unspecified atom stereocenters. The Labute approximate surface area is 102 Å². The average molecular weight is 245 g/mol. The van der Waals surface area contributed by atoms with Crippen LogP contribution in [0.4, 0.5) is 10.5 Å². The molecule has 0 spiro atoms. The van der Waals surface area contributed by atoms with E-state index in [9.17, 15) is 9.59 Å². The fourth-order valence-electron chi connectivity index (χ4n) is 1.22. The molecule has 2 N–H and O–H groups in total. The van der Waals surface area contributed by atoms with Gasteiger partial charge in [0.15, 0.2) is 0 Å². The van der Waals surface area contributed by atoms with Crippen LogP contribution in [0.25, 0.3) is 0 Å². The van der Waals surface area contributed by atoms with Crippen LogP contribution in [0, 0.1) is 5.38 Å². The van der Waals surface area contributed by atoms with E-state index in [4.69, 9.17) is 0 Å². The molecule has 0 aliphatic carbocycles. The number of thiophene rings is 1. The molecule has 1 aromatic heterocycles. The third-order valence-corrected chi connectivity index (χ3v) is 2.59. The third kappa shape index (κ3) is 3.15. The number of carbonyl (C=O) groups is 2. The first-order valence-electron chi connectivity index (χ1n) is 4.88. The smallest absolute Gasteiger partial charge is 0.306 e. The number of carbonyl (C=O) groups excluding carboxylic acids is 2. The Morgan fingerprint density at radius 3 is 2.53 bits per heavy atom. The Kier molecular flexibility index (Phi) is 3.52. The van der Waals surface area contributed by atoms with Gasteiger partial charge in [-0.15, -0.1) is 11.3 Å². The summed E-state index contributed by atoms with van der Waals surface area (Å²) in [6.45, 7) is 0. The lowest BCUT2D eigenvalue weighted by molar-refractivity contribution is 0.0967. The Morgan fingerprint density at radius 1 is 1.12 bits per heavy atom. The number of amides is 3. The van der Waals surface area contributed by atoms with Crippen LogP contribution in [-0.2, 0) is 0 Å². The van der Waals surface area contributed by atoms with Crippen molar-refractivity contribution >= 4 is 29.0 Å². The summed E-state index contributed by atoms with van der Waals surface area (Å²) in [5, 5.41) is 9.36. The summed E-state index contributed by atoms with van der Waals surface area (Å²) in [6.07, 6.45) is 0. The Hall–Kier alpha value is -2.14. The summed E-state index contributed by atoms with van der Waals surface area (Å²) in [5.41, 5.74) is 0.991. The van der Waals surface area contributed by atoms with Gasteiger partial charge in [0.05, 0.1) is 11.1 Å². The van der Waals surface area contributed by atoms with Crippen molar-refractivity contribution in [3.8, 4) is 0 Å². The number of rotatable bonds is 2. The van der Waals surface area contributed by atoms with E-state index in [0.29, 0.717) is 11.3 Å². The van der Waals surface area contributed by atoms with Crippen molar-refractivity contribution < 1.29 is 9.59 Å². The normalized spacial score (nSPS) is 9.65. The van der Waals surface area contributed by atoms with Gasteiger partial charge in [-0.2, -0.15) is 0 Å². The summed E-state index contributed by atoms with van der Waals surface area (Å²) in [4.78, 5) is 23.0. The largest absolute Gasteiger partial charge is 0.326 e. The van der Waals surface area contributed by atoms with E-state index in [1.165, 1.54) is 11.3 Å². The SMILES string of the molecule is O=C(NC(=O)c1ccccc1)Nc1[c]scc1. The molecule has 2 rings (SSSR count). The highest BCUT2D eigenvalue weighted by molar-refractivity contribution is 7.07. The van der Waals surface area contributed by atoms with E-state index >= 15 is 0 Å². The first-order valence-corrected chi connectivity index (χ1v) is 5.76. The summed E-state index contributed by atoms with van der Waals surface area (Å²) in [5.74, 6) is -0.432. The van der Waals surface area contributed by atoms with Gasteiger partial charge in [0, 0.05) is 5.56 Å². The second-order valence-electron chi connectivity index (χ2n) is 3.21. The molecule has 1 aromatic carbocycles. The zero-order chi connectivity index (χ0) is 12.1. The van der Waals surface area contributed by atoms with Crippen molar-refractivity contribution in [3.05, 3.63) is 52.7 Å². The minimum absolute atomic E-state index is 0.432. The van der Waals surface area contributed by atoms with E-state index < -0.39 is 11.9 Å². The average Bonchev–Trinajstić information content (AvgIpc) is 2.82. The molecule has 0 aliphatic heterocycles. The molecular formula is C12H9N2O2S. The standard InChI is InChI=1S/C12H9N2O2S/c15-11(9-4-2-1-3-5-9)14-12(16)13-10-6-7-17-8-10/h1-7H,(H2,13,14,15,16). The lowest BCUT2D eigenvalue weighted by atomic mass is 10.2. The van der Waals surface area contributed by atoms with Gasteiger partial charge >= 0.3 is 6.03 Å². The quantitative estimate of drug-likeness (QED) is 0.854. The number of urea groups is 1. The number of nitrogens with one attached hydrogen (secondary N) is 2. The minimum Gasteiger partial charge on any atom is -0.306 e. The topological polar surface area (TPSA) is 58.2 Å². The predicted molar refractivity (Wildman–Crippen MR) is 66.1 cm³/mol. The van der Waals surface area contributed by atoms with Gasteiger partial charge in [-0.1, -0.05) is 18.2 Å². The molecule has 5 heteroatoms. The van der Waals surface area contributed by atoms with Crippen molar-refractivity contribution in [2.75, 3.05) is 5.32 Å². The van der Waals surface area contributed by atoms with E-state index in [1.807, 2.05) is 0 Å². The number of imide groups is 1. The molecule has 0 aliphatic rings. The highest BCUT2D eigenvalue weighted by Gasteiger charge is 2.09. The van der Waals surface area contributed by atoms with Crippen LogP contribution in [-0.4, -0.2) is 11.9 Å². The molecular weight excluding hydrogens is 236 g/mol. The molecule has 85 valence electrons. The van der Waals surface area contributed by atoms with Crippen molar-refractivity contribution in [1.82, 2.24) is 5.32 Å². The van der Waals surface area contributed by atoms with Gasteiger partial charge in [0.1, 0.15) is 0 Å². The van der Waals surface area contributed by atoms with Crippen molar-refractivity contribution in [3.63, 3.8) is 0 Å². The predicted octanol–water partition coefficient (Wildman–Crippen LogP) is 2.51. The van der Waals surface area contributed by atoms with Crippen molar-refractivity contribution in [1.29, 1.82) is 0 Å². The molecule has 3 amide bonds. The van der Waals surface area contributed by atoms with Crippen LogP contribution in [0.1, 0.15) is 10.4 Å². The van der Waals surface area contributed by atoms with Gasteiger partial charge in [-0.3, -0.25) is 10.1 Å². The van der Waals surface area contributed by atoms with Gasteiger partial charge in [-0.05, 0) is 23.6 Å². The van der Waals surface area contributed by atoms with E-state index in [0.717, 1.165) is 0 Å². The van der Waals surface area contributed by atoms with Gasteiger partial charge in [0.25, 0.3) is 5.91 Å². The first-order chi connectivity index (χ1) is 8.25. The number of benzene rings is 1. The molecule has 0 saturated heterocycles. The lowest BCUT2D eigenvalue weighted by Gasteiger charge is -2.04. The number of hydrogen-bond donors (Lipinski definition) is 2. The fourth-order valence-corrected chi connectivity index (χ4v) is 1.74. The third-order valence-electron chi connectivity index (χ3n) is 1.98. The Balaban J connectivity index is 1.93. The second kappa shape index (κ2) is 5.27. The van der Waals surface area contributed by atoms with Crippen LogP contribution in [0.5, 0.6) is 0 Å². The molecule has 0 fully saturated rings. The van der Waals surface area contributed by atoms with Crippen LogP contribution >= 0.6 is 11.3 Å². The number of hydrogen-bond acceptors (Lipinski definition) is 3. The molecule has 17 heavy (non-hydrogen) atoms. The zero-order valence-corrected chi connectivity index (χ0v) is 9.58. The summed E-state index contributed by atoms with van der Waals surface area (Å²) in [6, 6.07) is 9.69. The Morgan fingerprint density at radius 2 is 1.88 bits per heavy atom. The highest BCUT2D eigenvalue weighted by Crippen LogP contribution is 2.10. The fraction of sp³-hybridized carbons (Fsp3) is 0. The maximum atomic E-state index is 11.6. The molecule has 2 aromatic rings. The number of anilines is 1. The van der Waals surface area contributed by atoms with E-state index in [1.54, 1.807) is 41.8 Å². The van der Waals surface area contributed by atoms with E-state index in [2.05, 4.69) is 16.0 Å². The monoisotopic (exact) mass is 245 g/mol. The molecule has 0 bridgehead atoms. The first kappa shape index (κ1) is 11.3. The summed E-state index contributed by atoms with van der Waals surface area (Å²) >= 11 is 1.34. The maximum absolute atomic E-state index is 11.6. The molecule has 4 nitrogen and oxygen atoms in total. The summed E-state index contributed by atoms with van der Waals surface area (Å²) in [7, 11) is 0.